The van der Waals surface area contributed by atoms with Gasteiger partial charge in [-0.05, 0) is 11.0 Å². The lowest BCUT2D eigenvalue weighted by Gasteiger charge is -2.35. The van der Waals surface area contributed by atoms with Crippen molar-refractivity contribution in [2.75, 3.05) is 44.2 Å². The summed E-state index contributed by atoms with van der Waals surface area (Å²) in [5, 5.41) is 35.2. The SMILES string of the molecule is O=[N+]([O-])c1ccc(N2CCN(CCO)CC2)c2c1no[n+]2[O-]. The number of β-amino-alcohol motifs (C(OH)–C–C–N with tert-alkyl or cyclic N) is 1. The molecule has 0 unspecified atom stereocenters. The minimum atomic E-state index is -0.589. The molecule has 1 aliphatic heterocycles. The van der Waals surface area contributed by atoms with Crippen LogP contribution in [-0.2, 0) is 0 Å². The fourth-order valence-electron chi connectivity index (χ4n) is 2.70. The summed E-state index contributed by atoms with van der Waals surface area (Å²) in [5.74, 6) is 0. The minimum absolute atomic E-state index is 0.0460. The number of fused-ring (bicyclic) bond motifs is 1. The van der Waals surface area contributed by atoms with Crippen LogP contribution in [0.2, 0.25) is 0 Å². The third-order valence-corrected chi connectivity index (χ3v) is 3.82. The van der Waals surface area contributed by atoms with Gasteiger partial charge in [-0.25, -0.2) is 0 Å². The first-order valence-electron chi connectivity index (χ1n) is 6.87. The highest BCUT2D eigenvalue weighted by atomic mass is 16.8. The highest BCUT2D eigenvalue weighted by molar-refractivity contribution is 5.91. The van der Waals surface area contributed by atoms with E-state index in [0.29, 0.717) is 25.3 Å². The average Bonchev–Trinajstić information content (AvgIpc) is 2.90. The van der Waals surface area contributed by atoms with Gasteiger partial charge >= 0.3 is 11.2 Å². The first kappa shape index (κ1) is 14.5. The number of benzene rings is 1. The van der Waals surface area contributed by atoms with Crippen LogP contribution in [0.25, 0.3) is 11.0 Å². The van der Waals surface area contributed by atoms with Crippen molar-refractivity contribution in [3.8, 4) is 0 Å². The zero-order valence-corrected chi connectivity index (χ0v) is 11.7. The maximum absolute atomic E-state index is 11.8. The Morgan fingerprint density at radius 3 is 2.73 bits per heavy atom. The molecule has 1 aromatic carbocycles. The normalized spacial score (nSPS) is 16.3. The number of anilines is 1. The predicted octanol–water partition coefficient (Wildman–Crippen LogP) is -0.516. The van der Waals surface area contributed by atoms with Gasteiger partial charge in [0, 0.05) is 38.8 Å². The summed E-state index contributed by atoms with van der Waals surface area (Å²) in [6, 6.07) is 2.88. The lowest BCUT2D eigenvalue weighted by molar-refractivity contribution is -0.782. The third-order valence-electron chi connectivity index (χ3n) is 3.82. The van der Waals surface area contributed by atoms with E-state index in [2.05, 4.69) is 14.7 Å². The number of nitrogens with zero attached hydrogens (tertiary/aromatic N) is 5. The Morgan fingerprint density at radius 2 is 2.09 bits per heavy atom. The van der Waals surface area contributed by atoms with Gasteiger partial charge in [-0.2, -0.15) is 0 Å². The average molecular weight is 309 g/mol. The summed E-state index contributed by atoms with van der Waals surface area (Å²) in [5.41, 5.74) is 0.344. The zero-order chi connectivity index (χ0) is 15.7. The molecule has 10 heteroatoms. The summed E-state index contributed by atoms with van der Waals surface area (Å²) in [6.07, 6.45) is 0. The standard InChI is InChI=1S/C12H15N5O5/c18-8-7-14-3-5-15(6-4-14)10-2-1-9(16(19)20)11-12(10)17(21)22-13-11/h1-2,18H,3-8H2. The van der Waals surface area contributed by atoms with Crippen molar-refractivity contribution in [1.29, 1.82) is 0 Å². The predicted molar refractivity (Wildman–Crippen MR) is 75.4 cm³/mol. The highest BCUT2D eigenvalue weighted by Gasteiger charge is 2.29. The van der Waals surface area contributed by atoms with Gasteiger partial charge in [-0.15, -0.1) is 0 Å². The van der Waals surface area contributed by atoms with Crippen molar-refractivity contribution in [3.63, 3.8) is 0 Å². The van der Waals surface area contributed by atoms with Gasteiger partial charge in [0.2, 0.25) is 0 Å². The van der Waals surface area contributed by atoms with Gasteiger partial charge in [0.25, 0.3) is 5.52 Å². The molecule has 1 saturated heterocycles. The maximum atomic E-state index is 11.8. The van der Waals surface area contributed by atoms with Crippen LogP contribution in [0.3, 0.4) is 0 Å². The molecule has 2 aromatic rings. The molecule has 0 amide bonds. The number of piperazine rings is 1. The summed E-state index contributed by atoms with van der Waals surface area (Å²) in [4.78, 5) is 14.7. The molecule has 1 aliphatic rings. The monoisotopic (exact) mass is 309 g/mol. The maximum Gasteiger partial charge on any atom is 0.327 e. The number of non-ortho nitro benzene ring substituents is 1. The molecule has 0 radical (unpaired) electrons. The Bertz CT molecular complexity index is 695. The van der Waals surface area contributed by atoms with Crippen LogP contribution in [-0.4, -0.2) is 59.4 Å². The van der Waals surface area contributed by atoms with Crippen LogP contribution < -0.4 is 9.80 Å². The van der Waals surface area contributed by atoms with E-state index < -0.39 is 4.92 Å². The number of aliphatic hydroxyl groups is 1. The lowest BCUT2D eigenvalue weighted by atomic mass is 10.2. The lowest BCUT2D eigenvalue weighted by Crippen LogP contribution is -2.47. The molecular formula is C12H15N5O5. The van der Waals surface area contributed by atoms with Gasteiger partial charge in [-0.1, -0.05) is 0 Å². The number of hydrogen-bond donors (Lipinski definition) is 1. The van der Waals surface area contributed by atoms with Gasteiger partial charge in [0.15, 0.2) is 0 Å². The Hall–Kier alpha value is -2.46. The molecule has 1 N–H and O–H groups in total. The Balaban J connectivity index is 1.94. The number of nitro benzene ring substituents is 1. The van der Waals surface area contributed by atoms with Crippen molar-refractivity contribution in [2.24, 2.45) is 0 Å². The molecule has 2 heterocycles. The van der Waals surface area contributed by atoms with Gasteiger partial charge in [0.1, 0.15) is 0 Å². The van der Waals surface area contributed by atoms with Gasteiger partial charge in [0.05, 0.1) is 22.4 Å². The first-order chi connectivity index (χ1) is 10.6. The molecule has 1 aromatic heterocycles. The van der Waals surface area contributed by atoms with Crippen LogP contribution in [0.4, 0.5) is 11.4 Å². The van der Waals surface area contributed by atoms with E-state index >= 15 is 0 Å². The quantitative estimate of drug-likeness (QED) is 0.455. The van der Waals surface area contributed by atoms with E-state index in [1.807, 2.05) is 4.90 Å². The fraction of sp³-hybridized carbons (Fsp3) is 0.500. The molecule has 0 atom stereocenters. The van der Waals surface area contributed by atoms with Crippen LogP contribution >= 0.6 is 0 Å². The Kier molecular flexibility index (Phi) is 3.77. The summed E-state index contributed by atoms with van der Waals surface area (Å²) in [6.45, 7) is 3.49. The Labute approximate surface area is 124 Å². The molecule has 0 spiro atoms. The molecule has 0 saturated carbocycles. The molecule has 3 rings (SSSR count). The highest BCUT2D eigenvalue weighted by Crippen LogP contribution is 2.30. The van der Waals surface area contributed by atoms with Crippen molar-refractivity contribution in [1.82, 2.24) is 10.1 Å². The molecule has 10 nitrogen and oxygen atoms in total. The summed E-state index contributed by atoms with van der Waals surface area (Å²) in [7, 11) is 0. The van der Waals surface area contributed by atoms with Crippen LogP contribution in [0.5, 0.6) is 0 Å². The molecule has 0 aliphatic carbocycles. The second kappa shape index (κ2) is 5.73. The zero-order valence-electron chi connectivity index (χ0n) is 11.7. The number of aromatic nitrogens is 2. The van der Waals surface area contributed by atoms with E-state index in [1.165, 1.54) is 6.07 Å². The van der Waals surface area contributed by atoms with Crippen LogP contribution in [0.1, 0.15) is 0 Å². The van der Waals surface area contributed by atoms with E-state index in [1.54, 1.807) is 6.07 Å². The molecule has 22 heavy (non-hydrogen) atoms. The number of hydrogen-bond acceptors (Lipinski definition) is 8. The molecule has 118 valence electrons. The van der Waals surface area contributed by atoms with E-state index in [0.717, 1.165) is 13.1 Å². The van der Waals surface area contributed by atoms with E-state index in [-0.39, 0.29) is 28.2 Å². The van der Waals surface area contributed by atoms with Crippen molar-refractivity contribution < 1.29 is 19.6 Å². The second-order valence-electron chi connectivity index (χ2n) is 5.04. The Morgan fingerprint density at radius 1 is 1.36 bits per heavy atom. The van der Waals surface area contributed by atoms with Crippen molar-refractivity contribution >= 4 is 22.4 Å². The summed E-state index contributed by atoms with van der Waals surface area (Å²) >= 11 is 0. The van der Waals surface area contributed by atoms with Crippen LogP contribution in [0.15, 0.2) is 16.8 Å². The third kappa shape index (κ3) is 2.42. The van der Waals surface area contributed by atoms with E-state index in [4.69, 9.17) is 5.11 Å². The topological polar surface area (TPSA) is 123 Å². The number of nitro groups is 1. The van der Waals surface area contributed by atoms with Crippen LogP contribution in [0, 0.1) is 15.3 Å². The number of aliphatic hydroxyl groups excluding tert-OH is 1. The molecule has 1 fully saturated rings. The largest absolute Gasteiger partial charge is 0.395 e. The second-order valence-corrected chi connectivity index (χ2v) is 5.04. The van der Waals surface area contributed by atoms with Crippen molar-refractivity contribution in [3.05, 3.63) is 27.5 Å². The minimum Gasteiger partial charge on any atom is -0.395 e. The van der Waals surface area contributed by atoms with Gasteiger partial charge < -0.3 is 15.2 Å². The molecular weight excluding hydrogens is 294 g/mol. The number of rotatable bonds is 4. The first-order valence-corrected chi connectivity index (χ1v) is 6.87. The molecule has 0 bridgehead atoms. The van der Waals surface area contributed by atoms with E-state index in [9.17, 15) is 15.3 Å². The fourth-order valence-corrected chi connectivity index (χ4v) is 2.70. The smallest absolute Gasteiger partial charge is 0.327 e. The van der Waals surface area contributed by atoms with Crippen molar-refractivity contribution in [2.45, 2.75) is 0 Å². The summed E-state index contributed by atoms with van der Waals surface area (Å²) < 4.78 is 4.53. The van der Waals surface area contributed by atoms with Gasteiger partial charge in [-0.3, -0.25) is 19.6 Å².